The summed E-state index contributed by atoms with van der Waals surface area (Å²) in [5.41, 5.74) is 1.31. The number of hydrogen-bond acceptors (Lipinski definition) is 3. The van der Waals surface area contributed by atoms with Crippen LogP contribution < -0.4 is 5.32 Å². The van der Waals surface area contributed by atoms with Gasteiger partial charge in [-0.2, -0.15) is 0 Å². The van der Waals surface area contributed by atoms with E-state index in [0.717, 1.165) is 12.5 Å². The van der Waals surface area contributed by atoms with E-state index in [4.69, 9.17) is 0 Å². The quantitative estimate of drug-likeness (QED) is 0.836. The van der Waals surface area contributed by atoms with Crippen molar-refractivity contribution in [2.24, 2.45) is 5.92 Å². The average molecular weight is 247 g/mol. The van der Waals surface area contributed by atoms with Crippen molar-refractivity contribution >= 4 is 0 Å². The molecule has 1 aromatic heterocycles. The van der Waals surface area contributed by atoms with Crippen molar-refractivity contribution in [3.63, 3.8) is 0 Å². The number of piperidine rings is 1. The Morgan fingerprint density at radius 3 is 2.94 bits per heavy atom. The van der Waals surface area contributed by atoms with E-state index in [9.17, 15) is 0 Å². The lowest BCUT2D eigenvalue weighted by Crippen LogP contribution is -2.28. The molecule has 0 amide bonds. The Labute approximate surface area is 111 Å². The highest BCUT2D eigenvalue weighted by Gasteiger charge is 2.12. The van der Waals surface area contributed by atoms with Crippen LogP contribution in [0.5, 0.6) is 0 Å². The number of nitrogens with one attached hydrogen (secondary N) is 1. The number of hydrogen-bond donors (Lipinski definition) is 1. The van der Waals surface area contributed by atoms with Crippen LogP contribution in [0.15, 0.2) is 24.5 Å². The van der Waals surface area contributed by atoms with E-state index in [1.807, 2.05) is 18.5 Å². The predicted molar refractivity (Wildman–Crippen MR) is 75.4 cm³/mol. The van der Waals surface area contributed by atoms with Gasteiger partial charge in [-0.05, 0) is 69.9 Å². The Morgan fingerprint density at radius 2 is 2.22 bits per heavy atom. The fourth-order valence-corrected chi connectivity index (χ4v) is 2.70. The molecule has 2 heterocycles. The Balaban J connectivity index is 1.61. The summed E-state index contributed by atoms with van der Waals surface area (Å²) in [6, 6.07) is 4.16. The van der Waals surface area contributed by atoms with Crippen LogP contribution in [0.25, 0.3) is 0 Å². The molecule has 1 aromatic rings. The van der Waals surface area contributed by atoms with Gasteiger partial charge in [0, 0.05) is 18.9 Å². The summed E-state index contributed by atoms with van der Waals surface area (Å²) in [6.07, 6.45) is 9.24. The highest BCUT2D eigenvalue weighted by molar-refractivity contribution is 5.07. The maximum absolute atomic E-state index is 4.16. The predicted octanol–water partition coefficient (Wildman–Crippen LogP) is 2.29. The monoisotopic (exact) mass is 247 g/mol. The number of pyridine rings is 1. The van der Waals surface area contributed by atoms with Crippen LogP contribution in [-0.4, -0.2) is 36.6 Å². The third-order valence-electron chi connectivity index (χ3n) is 3.79. The number of rotatable bonds is 6. The van der Waals surface area contributed by atoms with Gasteiger partial charge in [0.05, 0.1) is 0 Å². The summed E-state index contributed by atoms with van der Waals surface area (Å²) in [7, 11) is 2.20. The van der Waals surface area contributed by atoms with Gasteiger partial charge in [-0.15, -0.1) is 0 Å². The highest BCUT2D eigenvalue weighted by Crippen LogP contribution is 2.17. The van der Waals surface area contributed by atoms with Crippen LogP contribution in [0.4, 0.5) is 0 Å². The molecule has 0 unspecified atom stereocenters. The zero-order chi connectivity index (χ0) is 12.6. The van der Waals surface area contributed by atoms with Crippen LogP contribution in [0, 0.1) is 5.92 Å². The zero-order valence-corrected chi connectivity index (χ0v) is 11.4. The lowest BCUT2D eigenvalue weighted by atomic mass is 9.93. The third kappa shape index (κ3) is 4.75. The molecule has 3 nitrogen and oxygen atoms in total. The Bertz CT molecular complexity index is 320. The fraction of sp³-hybridized carbons (Fsp3) is 0.667. The fourth-order valence-electron chi connectivity index (χ4n) is 2.70. The molecule has 0 atom stereocenters. The summed E-state index contributed by atoms with van der Waals surface area (Å²) >= 11 is 0. The number of nitrogens with zero attached hydrogens (tertiary/aromatic N) is 2. The first-order valence-electron chi connectivity index (χ1n) is 7.13. The van der Waals surface area contributed by atoms with E-state index < -0.39 is 0 Å². The van der Waals surface area contributed by atoms with Gasteiger partial charge >= 0.3 is 0 Å². The van der Waals surface area contributed by atoms with E-state index in [2.05, 4.69) is 28.3 Å². The molecule has 1 aliphatic heterocycles. The molecule has 0 bridgehead atoms. The summed E-state index contributed by atoms with van der Waals surface area (Å²) in [5, 5.41) is 3.43. The maximum Gasteiger partial charge on any atom is 0.0312 e. The second-order valence-corrected chi connectivity index (χ2v) is 5.43. The Kier molecular flexibility index (Phi) is 5.62. The molecular weight excluding hydrogens is 222 g/mol. The minimum absolute atomic E-state index is 0.957. The largest absolute Gasteiger partial charge is 0.317 e. The first-order valence-corrected chi connectivity index (χ1v) is 7.13. The second kappa shape index (κ2) is 7.49. The van der Waals surface area contributed by atoms with E-state index in [-0.39, 0.29) is 0 Å². The van der Waals surface area contributed by atoms with Crippen LogP contribution in [0.3, 0.4) is 0 Å². The molecule has 18 heavy (non-hydrogen) atoms. The lowest BCUT2D eigenvalue weighted by Gasteiger charge is -2.23. The Hall–Kier alpha value is -0.930. The lowest BCUT2D eigenvalue weighted by molar-refractivity contribution is 0.285. The molecule has 100 valence electrons. The van der Waals surface area contributed by atoms with Crippen molar-refractivity contribution in [3.05, 3.63) is 30.1 Å². The summed E-state index contributed by atoms with van der Waals surface area (Å²) < 4.78 is 0. The first-order chi connectivity index (χ1) is 8.84. The molecule has 0 radical (unpaired) electrons. The SMILES string of the molecule is CN(CCCC1CCNCC1)Cc1cccnc1. The molecule has 3 heteroatoms. The average Bonchev–Trinajstić information content (AvgIpc) is 2.41. The molecular formula is C15H25N3. The van der Waals surface area contributed by atoms with E-state index in [0.29, 0.717) is 0 Å². The van der Waals surface area contributed by atoms with Gasteiger partial charge < -0.3 is 10.2 Å². The number of aromatic nitrogens is 1. The molecule has 1 fully saturated rings. The smallest absolute Gasteiger partial charge is 0.0312 e. The first kappa shape index (κ1) is 13.5. The van der Waals surface area contributed by atoms with Gasteiger partial charge in [-0.3, -0.25) is 4.98 Å². The molecule has 2 rings (SSSR count). The maximum atomic E-state index is 4.16. The summed E-state index contributed by atoms with van der Waals surface area (Å²) in [5.74, 6) is 0.957. The van der Waals surface area contributed by atoms with E-state index in [1.54, 1.807) is 0 Å². The van der Waals surface area contributed by atoms with Crippen LogP contribution in [0.2, 0.25) is 0 Å². The third-order valence-corrected chi connectivity index (χ3v) is 3.79. The van der Waals surface area contributed by atoms with Gasteiger partial charge in [-0.25, -0.2) is 0 Å². The molecule has 0 saturated carbocycles. The summed E-state index contributed by atoms with van der Waals surface area (Å²) in [6.45, 7) is 4.64. The standard InChI is InChI=1S/C15H25N3/c1-18(13-15-4-2-8-17-12-15)11-3-5-14-6-9-16-10-7-14/h2,4,8,12,14,16H,3,5-7,9-11,13H2,1H3. The van der Waals surface area contributed by atoms with Crippen molar-refractivity contribution < 1.29 is 0 Å². The van der Waals surface area contributed by atoms with Gasteiger partial charge in [0.2, 0.25) is 0 Å². The van der Waals surface area contributed by atoms with Crippen molar-refractivity contribution in [2.45, 2.75) is 32.2 Å². The highest BCUT2D eigenvalue weighted by atomic mass is 15.1. The van der Waals surface area contributed by atoms with E-state index in [1.165, 1.54) is 50.9 Å². The van der Waals surface area contributed by atoms with Crippen molar-refractivity contribution in [2.75, 3.05) is 26.7 Å². The topological polar surface area (TPSA) is 28.2 Å². The minimum Gasteiger partial charge on any atom is -0.317 e. The van der Waals surface area contributed by atoms with Gasteiger partial charge in [0.1, 0.15) is 0 Å². The zero-order valence-electron chi connectivity index (χ0n) is 11.4. The molecule has 0 aliphatic carbocycles. The van der Waals surface area contributed by atoms with Gasteiger partial charge in [0.15, 0.2) is 0 Å². The molecule has 0 spiro atoms. The normalized spacial score (nSPS) is 17.2. The van der Waals surface area contributed by atoms with Gasteiger partial charge in [0.25, 0.3) is 0 Å². The van der Waals surface area contributed by atoms with Crippen molar-refractivity contribution in [1.29, 1.82) is 0 Å². The second-order valence-electron chi connectivity index (χ2n) is 5.43. The van der Waals surface area contributed by atoms with Crippen molar-refractivity contribution in [1.82, 2.24) is 15.2 Å². The molecule has 1 aliphatic rings. The van der Waals surface area contributed by atoms with Crippen LogP contribution in [0.1, 0.15) is 31.2 Å². The van der Waals surface area contributed by atoms with E-state index >= 15 is 0 Å². The van der Waals surface area contributed by atoms with Gasteiger partial charge in [-0.1, -0.05) is 6.07 Å². The van der Waals surface area contributed by atoms with Crippen LogP contribution in [-0.2, 0) is 6.54 Å². The molecule has 0 aromatic carbocycles. The Morgan fingerprint density at radius 1 is 1.39 bits per heavy atom. The summed E-state index contributed by atoms with van der Waals surface area (Å²) in [4.78, 5) is 6.56. The molecule has 1 N–H and O–H groups in total. The minimum atomic E-state index is 0.957. The molecule has 1 saturated heterocycles. The van der Waals surface area contributed by atoms with Crippen LogP contribution >= 0.6 is 0 Å². The van der Waals surface area contributed by atoms with Crippen molar-refractivity contribution in [3.8, 4) is 0 Å².